The minimum Gasteiger partial charge on any atom is -0.369 e. The lowest BCUT2D eigenvalue weighted by atomic mass is 9.96. The first kappa shape index (κ1) is 15.1. The van der Waals surface area contributed by atoms with E-state index in [1.54, 1.807) is 0 Å². The van der Waals surface area contributed by atoms with Crippen LogP contribution in [0.4, 0.5) is 0 Å². The Morgan fingerprint density at radius 1 is 1.23 bits per heavy atom. The number of aromatic nitrogens is 1. The topological polar surface area (TPSA) is 82.4 Å². The van der Waals surface area contributed by atoms with Crippen molar-refractivity contribution in [3.8, 4) is 0 Å². The fourth-order valence-electron chi connectivity index (χ4n) is 3.61. The summed E-state index contributed by atoms with van der Waals surface area (Å²) in [6, 6.07) is 4.41. The number of likely N-dealkylation sites (tertiary alicyclic amines) is 2. The number of carbonyl (C=O) groups is 2. The number of piperidine rings is 1. The molecule has 3 rings (SSSR count). The minimum atomic E-state index is -0.238. The molecule has 6 nitrogen and oxygen atoms in total. The second-order valence-electron chi connectivity index (χ2n) is 6.31. The van der Waals surface area contributed by atoms with Crippen molar-refractivity contribution in [3.05, 3.63) is 24.0 Å². The highest BCUT2D eigenvalue weighted by atomic mass is 16.2. The molecule has 3 heterocycles. The first-order valence-electron chi connectivity index (χ1n) is 8.09. The number of H-pyrrole nitrogens is 1. The first-order valence-corrected chi connectivity index (χ1v) is 8.09. The number of nitrogens with one attached hydrogen (secondary N) is 1. The zero-order valence-corrected chi connectivity index (χ0v) is 12.8. The molecular weight excluding hydrogens is 280 g/mol. The number of aromatic amines is 1. The predicted molar refractivity (Wildman–Crippen MR) is 82.8 cm³/mol. The van der Waals surface area contributed by atoms with E-state index in [0.717, 1.165) is 19.4 Å². The van der Waals surface area contributed by atoms with Crippen molar-refractivity contribution in [2.75, 3.05) is 26.2 Å². The van der Waals surface area contributed by atoms with E-state index in [-0.39, 0.29) is 17.7 Å². The number of amides is 2. The summed E-state index contributed by atoms with van der Waals surface area (Å²) in [5, 5.41) is 0. The van der Waals surface area contributed by atoms with Gasteiger partial charge in [0.05, 0.1) is 12.6 Å². The summed E-state index contributed by atoms with van der Waals surface area (Å²) in [6.45, 7) is 2.72. The highest BCUT2D eigenvalue weighted by molar-refractivity contribution is 5.80. The Balaban J connectivity index is 1.54. The maximum atomic E-state index is 12.5. The Morgan fingerprint density at radius 3 is 2.64 bits per heavy atom. The Kier molecular flexibility index (Phi) is 4.47. The smallest absolute Gasteiger partial charge is 0.236 e. The Morgan fingerprint density at radius 2 is 2.00 bits per heavy atom. The molecule has 1 atom stereocenters. The van der Waals surface area contributed by atoms with E-state index in [9.17, 15) is 9.59 Å². The van der Waals surface area contributed by atoms with Crippen LogP contribution in [0, 0.1) is 5.92 Å². The Hall–Kier alpha value is -1.82. The number of nitrogens with two attached hydrogens (primary N) is 1. The predicted octanol–water partition coefficient (Wildman–Crippen LogP) is 0.875. The third-order valence-corrected chi connectivity index (χ3v) is 4.93. The van der Waals surface area contributed by atoms with Crippen LogP contribution in [0.1, 0.15) is 37.4 Å². The van der Waals surface area contributed by atoms with Gasteiger partial charge in [-0.2, -0.15) is 0 Å². The van der Waals surface area contributed by atoms with Crippen molar-refractivity contribution in [1.29, 1.82) is 0 Å². The molecule has 0 saturated carbocycles. The fourth-order valence-corrected chi connectivity index (χ4v) is 3.61. The van der Waals surface area contributed by atoms with E-state index in [4.69, 9.17) is 5.73 Å². The van der Waals surface area contributed by atoms with Gasteiger partial charge in [-0.15, -0.1) is 0 Å². The molecular formula is C16H24N4O2. The summed E-state index contributed by atoms with van der Waals surface area (Å²) in [6.07, 6.45) is 5.54. The Labute approximate surface area is 130 Å². The van der Waals surface area contributed by atoms with Crippen LogP contribution >= 0.6 is 0 Å². The zero-order valence-electron chi connectivity index (χ0n) is 12.8. The van der Waals surface area contributed by atoms with Crippen LogP contribution in [-0.4, -0.2) is 52.8 Å². The van der Waals surface area contributed by atoms with Crippen LogP contribution in [0.25, 0.3) is 0 Å². The normalized spacial score (nSPS) is 23.8. The largest absolute Gasteiger partial charge is 0.369 e. The lowest BCUT2D eigenvalue weighted by molar-refractivity contribution is -0.136. The first-order chi connectivity index (χ1) is 10.6. The van der Waals surface area contributed by atoms with Crippen molar-refractivity contribution in [2.24, 2.45) is 11.7 Å². The quantitative estimate of drug-likeness (QED) is 0.866. The van der Waals surface area contributed by atoms with Crippen LogP contribution in [0.3, 0.4) is 0 Å². The van der Waals surface area contributed by atoms with Gasteiger partial charge in [-0.05, 0) is 44.4 Å². The second kappa shape index (κ2) is 6.52. The highest BCUT2D eigenvalue weighted by Crippen LogP contribution is 2.30. The third-order valence-electron chi connectivity index (χ3n) is 4.93. The van der Waals surface area contributed by atoms with Crippen molar-refractivity contribution in [1.82, 2.24) is 14.8 Å². The molecule has 0 bridgehead atoms. The number of hydrogen-bond donors (Lipinski definition) is 2. The van der Waals surface area contributed by atoms with Crippen molar-refractivity contribution >= 4 is 11.8 Å². The molecule has 0 radical (unpaired) electrons. The molecule has 0 aromatic carbocycles. The summed E-state index contributed by atoms with van der Waals surface area (Å²) in [5.41, 5.74) is 6.53. The van der Waals surface area contributed by atoms with Gasteiger partial charge in [-0.1, -0.05) is 0 Å². The summed E-state index contributed by atoms with van der Waals surface area (Å²) < 4.78 is 0. The van der Waals surface area contributed by atoms with Gasteiger partial charge in [0.15, 0.2) is 0 Å². The average Bonchev–Trinajstić information content (AvgIpc) is 3.18. The van der Waals surface area contributed by atoms with E-state index in [2.05, 4.69) is 16.0 Å². The maximum absolute atomic E-state index is 12.5. The van der Waals surface area contributed by atoms with Gasteiger partial charge in [0, 0.05) is 30.9 Å². The molecule has 2 saturated heterocycles. The van der Waals surface area contributed by atoms with Crippen LogP contribution in [0.15, 0.2) is 18.3 Å². The average molecular weight is 304 g/mol. The molecule has 2 aliphatic rings. The van der Waals surface area contributed by atoms with Gasteiger partial charge in [0.25, 0.3) is 0 Å². The summed E-state index contributed by atoms with van der Waals surface area (Å²) in [4.78, 5) is 31.1. The molecule has 1 aromatic rings. The fraction of sp³-hybridized carbons (Fsp3) is 0.625. The maximum Gasteiger partial charge on any atom is 0.236 e. The number of rotatable bonds is 4. The van der Waals surface area contributed by atoms with Crippen molar-refractivity contribution < 1.29 is 9.59 Å². The summed E-state index contributed by atoms with van der Waals surface area (Å²) >= 11 is 0. The molecule has 0 aliphatic carbocycles. The van der Waals surface area contributed by atoms with E-state index < -0.39 is 0 Å². The molecule has 2 fully saturated rings. The zero-order chi connectivity index (χ0) is 15.5. The molecule has 120 valence electrons. The van der Waals surface area contributed by atoms with Gasteiger partial charge < -0.3 is 15.6 Å². The highest BCUT2D eigenvalue weighted by Gasteiger charge is 2.31. The molecule has 0 spiro atoms. The van der Waals surface area contributed by atoms with Gasteiger partial charge >= 0.3 is 0 Å². The van der Waals surface area contributed by atoms with Crippen LogP contribution < -0.4 is 5.73 Å². The van der Waals surface area contributed by atoms with Gasteiger partial charge in [-0.25, -0.2) is 0 Å². The standard InChI is InChI=1S/C16H24N4O2/c17-16(22)12-5-9-19(10-6-12)15(21)11-20-8-2-4-14(20)13-3-1-7-18-13/h1,3,7,12,14,18H,2,4-6,8-11H2,(H2,17,22). The third kappa shape index (κ3) is 3.16. The monoisotopic (exact) mass is 304 g/mol. The van der Waals surface area contributed by atoms with E-state index in [1.165, 1.54) is 5.69 Å². The summed E-state index contributed by atoms with van der Waals surface area (Å²) in [5.74, 6) is -0.137. The number of hydrogen-bond acceptors (Lipinski definition) is 3. The van der Waals surface area contributed by atoms with E-state index in [0.29, 0.717) is 38.5 Å². The number of nitrogens with zero attached hydrogens (tertiary/aromatic N) is 2. The van der Waals surface area contributed by atoms with Crippen LogP contribution in [0.5, 0.6) is 0 Å². The van der Waals surface area contributed by atoms with Gasteiger partial charge in [0.1, 0.15) is 0 Å². The lowest BCUT2D eigenvalue weighted by Gasteiger charge is -2.33. The van der Waals surface area contributed by atoms with E-state index >= 15 is 0 Å². The minimum absolute atomic E-state index is 0.0671. The van der Waals surface area contributed by atoms with Crippen LogP contribution in [0.2, 0.25) is 0 Å². The second-order valence-corrected chi connectivity index (χ2v) is 6.31. The molecule has 1 aromatic heterocycles. The summed E-state index contributed by atoms with van der Waals surface area (Å²) in [7, 11) is 0. The van der Waals surface area contributed by atoms with E-state index in [1.807, 2.05) is 17.2 Å². The van der Waals surface area contributed by atoms with Gasteiger partial charge in [-0.3, -0.25) is 14.5 Å². The number of primary amides is 1. The molecule has 6 heteroatoms. The van der Waals surface area contributed by atoms with Crippen LogP contribution in [-0.2, 0) is 9.59 Å². The number of carbonyl (C=O) groups excluding carboxylic acids is 2. The van der Waals surface area contributed by atoms with Crippen molar-refractivity contribution in [2.45, 2.75) is 31.7 Å². The Bertz CT molecular complexity index is 520. The molecule has 3 N–H and O–H groups in total. The van der Waals surface area contributed by atoms with Crippen molar-refractivity contribution in [3.63, 3.8) is 0 Å². The van der Waals surface area contributed by atoms with Gasteiger partial charge in [0.2, 0.25) is 11.8 Å². The SMILES string of the molecule is NC(=O)C1CCN(C(=O)CN2CCCC2c2ccc[nH]2)CC1. The lowest BCUT2D eigenvalue weighted by Crippen LogP contribution is -2.45. The molecule has 2 aliphatic heterocycles. The molecule has 1 unspecified atom stereocenters. The molecule has 22 heavy (non-hydrogen) atoms. The molecule has 2 amide bonds.